The number of carboxylic acids is 1. The smallest absolute Gasteiger partial charge is 0.546 e. The number of Topliss-reactive ketones (excluding diaryl/α,β-unsaturated/α-hetero) is 1. The molecular formula is C25H22N3NaO5S. The molecule has 0 aliphatic heterocycles. The van der Waals surface area contributed by atoms with Gasteiger partial charge < -0.3 is 24.8 Å². The van der Waals surface area contributed by atoms with Gasteiger partial charge >= 0.3 is 29.6 Å². The monoisotopic (exact) mass is 499 g/mol. The summed E-state index contributed by atoms with van der Waals surface area (Å²) in [5, 5.41) is 13.0. The fourth-order valence-electron chi connectivity index (χ4n) is 4.16. The Morgan fingerprint density at radius 3 is 2.54 bits per heavy atom. The number of carbonyl (C=O) groups is 3. The molecule has 0 aliphatic rings. The van der Waals surface area contributed by atoms with Crippen molar-refractivity contribution in [1.82, 2.24) is 9.38 Å². The third kappa shape index (κ3) is 5.33. The van der Waals surface area contributed by atoms with E-state index in [1.165, 1.54) is 0 Å². The molecule has 4 aromatic rings. The number of carboxylic acid groups (broad SMARTS) is 1. The van der Waals surface area contributed by atoms with Crippen LogP contribution >= 0.6 is 11.3 Å². The molecule has 0 saturated carbocycles. The third-order valence-electron chi connectivity index (χ3n) is 5.51. The van der Waals surface area contributed by atoms with Crippen molar-refractivity contribution >= 4 is 34.5 Å². The Morgan fingerprint density at radius 1 is 1.17 bits per heavy atom. The first-order chi connectivity index (χ1) is 16.3. The van der Waals surface area contributed by atoms with E-state index in [1.807, 2.05) is 48.7 Å². The van der Waals surface area contributed by atoms with Crippen molar-refractivity contribution in [3.8, 4) is 16.3 Å². The van der Waals surface area contributed by atoms with E-state index in [2.05, 4.69) is 4.98 Å². The number of nitrogens with zero attached hydrogens (tertiary/aromatic N) is 2. The van der Waals surface area contributed by atoms with Crippen LogP contribution in [0.15, 0.2) is 48.0 Å². The molecule has 4 rings (SSSR count). The number of carbonyl (C=O) groups excluding carboxylic acids is 3. The number of hydrogen-bond acceptors (Lipinski definition) is 7. The van der Waals surface area contributed by atoms with Crippen LogP contribution in [-0.4, -0.2) is 33.7 Å². The van der Waals surface area contributed by atoms with Crippen LogP contribution in [0.3, 0.4) is 0 Å². The first-order valence-corrected chi connectivity index (χ1v) is 11.5. The number of thiophene rings is 1. The maximum absolute atomic E-state index is 12.9. The number of aryl methyl sites for hydroxylation is 1. The number of aromatic nitrogens is 2. The van der Waals surface area contributed by atoms with E-state index in [9.17, 15) is 19.5 Å². The molecule has 0 radical (unpaired) electrons. The molecule has 2 N–H and O–H groups in total. The normalized spacial score (nSPS) is 10.7. The van der Waals surface area contributed by atoms with Gasteiger partial charge in [0.05, 0.1) is 17.2 Å². The van der Waals surface area contributed by atoms with E-state index in [-0.39, 0.29) is 46.5 Å². The summed E-state index contributed by atoms with van der Waals surface area (Å²) in [6, 6.07) is 12.0. The summed E-state index contributed by atoms with van der Waals surface area (Å²) < 4.78 is 7.14. The summed E-state index contributed by atoms with van der Waals surface area (Å²) in [7, 11) is 0. The summed E-state index contributed by atoms with van der Waals surface area (Å²) in [6.45, 7) is 2.86. The Morgan fingerprint density at radius 2 is 1.91 bits per heavy atom. The van der Waals surface area contributed by atoms with Gasteiger partial charge in [-0.05, 0) is 41.5 Å². The second-order valence-corrected chi connectivity index (χ2v) is 8.67. The van der Waals surface area contributed by atoms with Crippen molar-refractivity contribution < 1.29 is 53.8 Å². The van der Waals surface area contributed by atoms with Crippen molar-refractivity contribution in [2.45, 2.75) is 26.7 Å². The molecule has 0 atom stereocenters. The number of ether oxygens (including phenoxy) is 1. The van der Waals surface area contributed by atoms with Crippen molar-refractivity contribution in [3.63, 3.8) is 0 Å². The van der Waals surface area contributed by atoms with E-state index in [0.717, 1.165) is 21.7 Å². The minimum Gasteiger partial charge on any atom is -0.546 e. The van der Waals surface area contributed by atoms with Crippen molar-refractivity contribution in [2.24, 2.45) is 5.73 Å². The standard InChI is InChI=1S/C25H23N3O5S.Na/c1-3-16-18(11-15-7-4-5-8-17(15)19-9-6-10-34-19)28-12-14(2)27-25(33-13-20(29)30)22(28)21(16)23(31)24(26)32;/h4-10,12H,3,11,13H2,1-2H3,(H2,26,32)(H,29,30);/q;+1/p-1. The molecule has 0 spiro atoms. The van der Waals surface area contributed by atoms with Gasteiger partial charge in [-0.25, -0.2) is 4.98 Å². The molecule has 8 nitrogen and oxygen atoms in total. The number of primary amides is 1. The second kappa shape index (κ2) is 11.2. The zero-order valence-corrected chi connectivity index (χ0v) is 22.5. The number of nitrogens with two attached hydrogens (primary N) is 1. The topological polar surface area (TPSA) is 127 Å². The molecule has 0 aliphatic carbocycles. The Bertz CT molecular complexity index is 1410. The van der Waals surface area contributed by atoms with Crippen LogP contribution in [0.1, 0.15) is 39.8 Å². The molecular weight excluding hydrogens is 477 g/mol. The van der Waals surface area contributed by atoms with Gasteiger partial charge in [-0.1, -0.05) is 37.3 Å². The zero-order valence-electron chi connectivity index (χ0n) is 19.7. The van der Waals surface area contributed by atoms with Crippen LogP contribution in [-0.2, 0) is 22.4 Å². The summed E-state index contributed by atoms with van der Waals surface area (Å²) >= 11 is 1.63. The van der Waals surface area contributed by atoms with Crippen LogP contribution in [0.5, 0.6) is 5.88 Å². The Hall–Kier alpha value is -2.98. The van der Waals surface area contributed by atoms with E-state index in [1.54, 1.807) is 28.9 Å². The van der Waals surface area contributed by atoms with Crippen LogP contribution < -0.4 is 45.1 Å². The van der Waals surface area contributed by atoms with Gasteiger partial charge in [-0.3, -0.25) is 9.59 Å². The Balaban J connectivity index is 0.00000342. The van der Waals surface area contributed by atoms with Crippen LogP contribution in [0.2, 0.25) is 0 Å². The first-order valence-electron chi connectivity index (χ1n) is 10.6. The van der Waals surface area contributed by atoms with E-state index in [4.69, 9.17) is 10.5 Å². The number of aliphatic carboxylic acids is 1. The third-order valence-corrected chi connectivity index (χ3v) is 6.41. The predicted octanol–water partition coefficient (Wildman–Crippen LogP) is -0.675. The molecule has 0 bridgehead atoms. The van der Waals surface area contributed by atoms with Gasteiger partial charge in [-0.15, -0.1) is 11.3 Å². The number of benzene rings is 1. The molecule has 1 aromatic carbocycles. The fourth-order valence-corrected chi connectivity index (χ4v) is 4.95. The summed E-state index contributed by atoms with van der Waals surface area (Å²) in [6.07, 6.45) is 2.63. The van der Waals surface area contributed by atoms with Crippen LogP contribution in [0, 0.1) is 6.92 Å². The molecule has 3 heterocycles. The van der Waals surface area contributed by atoms with Gasteiger partial charge in [0.1, 0.15) is 12.1 Å². The SMILES string of the molecule is CCc1c(C(=O)C(N)=O)c2c(OCC(=O)[O-])nc(C)cn2c1Cc1ccccc1-c1cccs1.[Na+]. The average Bonchev–Trinajstić information content (AvgIpc) is 3.44. The molecule has 3 aromatic heterocycles. The van der Waals surface area contributed by atoms with E-state index >= 15 is 0 Å². The molecule has 0 unspecified atom stereocenters. The minimum atomic E-state index is -1.43. The number of amides is 1. The average molecular weight is 500 g/mol. The van der Waals surface area contributed by atoms with Crippen molar-refractivity contribution in [2.75, 3.05) is 6.61 Å². The second-order valence-electron chi connectivity index (χ2n) is 7.73. The number of rotatable bonds is 9. The molecule has 0 fully saturated rings. The summed E-state index contributed by atoms with van der Waals surface area (Å²) in [5.74, 6) is -3.49. The van der Waals surface area contributed by atoms with E-state index < -0.39 is 24.3 Å². The number of fused-ring (bicyclic) bond motifs is 1. The van der Waals surface area contributed by atoms with Crippen molar-refractivity contribution in [3.05, 3.63) is 76.1 Å². The fraction of sp³-hybridized carbons (Fsp3) is 0.200. The minimum absolute atomic E-state index is 0. The summed E-state index contributed by atoms with van der Waals surface area (Å²) in [4.78, 5) is 41.3. The van der Waals surface area contributed by atoms with Crippen LogP contribution in [0.4, 0.5) is 0 Å². The maximum atomic E-state index is 12.9. The maximum Gasteiger partial charge on any atom is 1.00 e. The number of hydrogen-bond donors (Lipinski definition) is 1. The molecule has 10 heteroatoms. The van der Waals surface area contributed by atoms with E-state index in [0.29, 0.717) is 24.1 Å². The van der Waals surface area contributed by atoms with Gasteiger partial charge in [0.15, 0.2) is 0 Å². The number of ketones is 1. The van der Waals surface area contributed by atoms with Gasteiger partial charge in [-0.2, -0.15) is 0 Å². The van der Waals surface area contributed by atoms with Crippen LogP contribution in [0.25, 0.3) is 16.0 Å². The van der Waals surface area contributed by atoms with Gasteiger partial charge in [0.2, 0.25) is 5.88 Å². The van der Waals surface area contributed by atoms with Gasteiger partial charge in [0, 0.05) is 23.2 Å². The Kier molecular flexibility index (Phi) is 8.50. The molecule has 35 heavy (non-hydrogen) atoms. The molecule has 1 amide bonds. The predicted molar refractivity (Wildman–Crippen MR) is 126 cm³/mol. The quantitative estimate of drug-likeness (QED) is 0.185. The summed E-state index contributed by atoms with van der Waals surface area (Å²) in [5.41, 5.74) is 9.73. The molecule has 0 saturated heterocycles. The largest absolute Gasteiger partial charge is 1.00 e. The van der Waals surface area contributed by atoms with Gasteiger partial charge in [0.25, 0.3) is 11.7 Å². The zero-order chi connectivity index (χ0) is 24.4. The Labute approximate surface area is 228 Å². The van der Waals surface area contributed by atoms with Crippen molar-refractivity contribution in [1.29, 1.82) is 0 Å². The molecule has 174 valence electrons. The first kappa shape index (κ1) is 26.6.